The summed E-state index contributed by atoms with van der Waals surface area (Å²) >= 11 is 5.88. The van der Waals surface area contributed by atoms with E-state index in [0.29, 0.717) is 0 Å². The molecule has 0 radical (unpaired) electrons. The van der Waals surface area contributed by atoms with E-state index in [1.54, 1.807) is 6.20 Å². The minimum atomic E-state index is 0.763. The molecule has 0 unspecified atom stereocenters. The minimum Gasteiger partial charge on any atom is -0.397 e. The van der Waals surface area contributed by atoms with Gasteiger partial charge in [-0.1, -0.05) is 29.8 Å². The van der Waals surface area contributed by atoms with Gasteiger partial charge in [0.05, 0.1) is 11.4 Å². The van der Waals surface area contributed by atoms with Gasteiger partial charge in [0.2, 0.25) is 0 Å². The predicted octanol–water partition coefficient (Wildman–Crippen LogP) is 4.13. The first-order chi connectivity index (χ1) is 10.2. The third-order valence-corrected chi connectivity index (χ3v) is 3.76. The van der Waals surface area contributed by atoms with Gasteiger partial charge < -0.3 is 11.1 Å². The number of fused-ring (bicyclic) bond motifs is 1. The van der Waals surface area contributed by atoms with Crippen molar-refractivity contribution in [1.82, 2.24) is 4.98 Å². The minimum absolute atomic E-state index is 0.763. The van der Waals surface area contributed by atoms with Gasteiger partial charge >= 0.3 is 0 Å². The molecule has 0 atom stereocenters. The summed E-state index contributed by atoms with van der Waals surface area (Å²) < 4.78 is 0. The predicted molar refractivity (Wildman–Crippen MR) is 89.8 cm³/mol. The average Bonchev–Trinajstić information content (AvgIpc) is 2.52. The van der Waals surface area contributed by atoms with Crippen LogP contribution in [0.25, 0.3) is 10.8 Å². The standard InChI is InChI=1S/C17H16ClN3/c18-14-4-1-12(2-5-14)7-10-21-16-6-3-13-11-20-9-8-15(13)17(16)19/h1-6,8-9,11,21H,7,10,19H2. The monoisotopic (exact) mass is 297 g/mol. The van der Waals surface area contributed by atoms with E-state index in [4.69, 9.17) is 17.3 Å². The molecular formula is C17H16ClN3. The van der Waals surface area contributed by atoms with Crippen LogP contribution in [0.1, 0.15) is 5.56 Å². The van der Waals surface area contributed by atoms with Crippen LogP contribution in [0.5, 0.6) is 0 Å². The lowest BCUT2D eigenvalue weighted by Gasteiger charge is -2.11. The first kappa shape index (κ1) is 13.7. The molecule has 0 fully saturated rings. The molecular weight excluding hydrogens is 282 g/mol. The molecule has 1 heterocycles. The zero-order valence-electron chi connectivity index (χ0n) is 11.5. The van der Waals surface area contributed by atoms with Gasteiger partial charge in [0, 0.05) is 34.7 Å². The van der Waals surface area contributed by atoms with Crippen molar-refractivity contribution in [3.8, 4) is 0 Å². The number of nitrogens with two attached hydrogens (primary N) is 1. The largest absolute Gasteiger partial charge is 0.397 e. The van der Waals surface area contributed by atoms with E-state index >= 15 is 0 Å². The number of aromatic nitrogens is 1. The number of hydrogen-bond acceptors (Lipinski definition) is 3. The first-order valence-electron chi connectivity index (χ1n) is 6.84. The van der Waals surface area contributed by atoms with Crippen molar-refractivity contribution in [3.05, 3.63) is 65.4 Å². The molecule has 0 saturated heterocycles. The maximum absolute atomic E-state index is 6.21. The van der Waals surface area contributed by atoms with Gasteiger partial charge in [-0.15, -0.1) is 0 Å². The normalized spacial score (nSPS) is 10.7. The zero-order chi connectivity index (χ0) is 14.7. The number of hydrogen-bond donors (Lipinski definition) is 2. The van der Waals surface area contributed by atoms with Crippen molar-refractivity contribution in [2.24, 2.45) is 0 Å². The Labute approximate surface area is 128 Å². The molecule has 0 spiro atoms. The fourth-order valence-electron chi connectivity index (χ4n) is 2.34. The Bertz CT molecular complexity index is 754. The van der Waals surface area contributed by atoms with Crippen LogP contribution in [0.4, 0.5) is 11.4 Å². The van der Waals surface area contributed by atoms with Crippen molar-refractivity contribution in [2.75, 3.05) is 17.6 Å². The summed E-state index contributed by atoms with van der Waals surface area (Å²) in [4.78, 5) is 4.11. The lowest BCUT2D eigenvalue weighted by molar-refractivity contribution is 1.02. The molecule has 0 aliphatic carbocycles. The average molecular weight is 298 g/mol. The van der Waals surface area contributed by atoms with Gasteiger partial charge in [-0.2, -0.15) is 0 Å². The summed E-state index contributed by atoms with van der Waals surface area (Å²) in [6.07, 6.45) is 4.50. The van der Waals surface area contributed by atoms with Crippen LogP contribution >= 0.6 is 11.6 Å². The highest BCUT2D eigenvalue weighted by molar-refractivity contribution is 6.30. The molecule has 0 bridgehead atoms. The molecule has 3 nitrogen and oxygen atoms in total. The first-order valence-corrected chi connectivity index (χ1v) is 7.22. The highest BCUT2D eigenvalue weighted by Gasteiger charge is 2.04. The van der Waals surface area contributed by atoms with Crippen molar-refractivity contribution >= 4 is 33.7 Å². The third-order valence-electron chi connectivity index (χ3n) is 3.50. The SMILES string of the molecule is Nc1c(NCCc2ccc(Cl)cc2)ccc2cnccc12. The lowest BCUT2D eigenvalue weighted by Crippen LogP contribution is -2.07. The van der Waals surface area contributed by atoms with Gasteiger partial charge in [0.1, 0.15) is 0 Å². The molecule has 2 aromatic carbocycles. The van der Waals surface area contributed by atoms with E-state index in [1.165, 1.54) is 5.56 Å². The van der Waals surface area contributed by atoms with Crippen LogP contribution in [0, 0.1) is 0 Å². The van der Waals surface area contributed by atoms with Crippen LogP contribution < -0.4 is 11.1 Å². The number of nitrogens with one attached hydrogen (secondary N) is 1. The number of benzene rings is 2. The quantitative estimate of drug-likeness (QED) is 0.712. The Kier molecular flexibility index (Phi) is 3.93. The summed E-state index contributed by atoms with van der Waals surface area (Å²) in [7, 11) is 0. The molecule has 4 heteroatoms. The fraction of sp³-hybridized carbons (Fsp3) is 0.118. The molecule has 0 aliphatic rings. The highest BCUT2D eigenvalue weighted by Crippen LogP contribution is 2.27. The maximum atomic E-state index is 6.21. The molecule has 106 valence electrons. The van der Waals surface area contributed by atoms with E-state index in [2.05, 4.69) is 10.3 Å². The molecule has 21 heavy (non-hydrogen) atoms. The van der Waals surface area contributed by atoms with Crippen LogP contribution in [0.15, 0.2) is 54.9 Å². The van der Waals surface area contributed by atoms with E-state index in [1.807, 2.05) is 48.7 Å². The van der Waals surface area contributed by atoms with Crippen LogP contribution in [0.3, 0.4) is 0 Å². The van der Waals surface area contributed by atoms with Crippen molar-refractivity contribution < 1.29 is 0 Å². The molecule has 0 saturated carbocycles. The summed E-state index contributed by atoms with van der Waals surface area (Å²) in [5.74, 6) is 0. The Morgan fingerprint density at radius 3 is 2.67 bits per heavy atom. The zero-order valence-corrected chi connectivity index (χ0v) is 12.3. The van der Waals surface area contributed by atoms with Crippen molar-refractivity contribution in [3.63, 3.8) is 0 Å². The Morgan fingerprint density at radius 1 is 1.05 bits per heavy atom. The molecule has 3 N–H and O–H groups in total. The van der Waals surface area contributed by atoms with E-state index in [0.717, 1.165) is 40.1 Å². The molecule has 3 aromatic rings. The van der Waals surface area contributed by atoms with E-state index < -0.39 is 0 Å². The second-order valence-electron chi connectivity index (χ2n) is 4.93. The molecule has 0 amide bonds. The fourth-order valence-corrected chi connectivity index (χ4v) is 2.47. The summed E-state index contributed by atoms with van der Waals surface area (Å²) in [5, 5.41) is 6.24. The van der Waals surface area contributed by atoms with Gasteiger partial charge in [-0.25, -0.2) is 0 Å². The maximum Gasteiger partial charge on any atom is 0.0630 e. The molecule has 0 aliphatic heterocycles. The highest BCUT2D eigenvalue weighted by atomic mass is 35.5. The van der Waals surface area contributed by atoms with Crippen LogP contribution in [-0.2, 0) is 6.42 Å². The number of halogens is 1. The summed E-state index contributed by atoms with van der Waals surface area (Å²) in [6, 6.07) is 13.9. The second kappa shape index (κ2) is 6.02. The van der Waals surface area contributed by atoms with E-state index in [-0.39, 0.29) is 0 Å². The molecule has 3 rings (SSSR count). The Morgan fingerprint density at radius 2 is 1.86 bits per heavy atom. The second-order valence-corrected chi connectivity index (χ2v) is 5.36. The van der Waals surface area contributed by atoms with Crippen molar-refractivity contribution in [2.45, 2.75) is 6.42 Å². The van der Waals surface area contributed by atoms with Crippen LogP contribution in [-0.4, -0.2) is 11.5 Å². The number of nitrogen functional groups attached to an aromatic ring is 1. The lowest BCUT2D eigenvalue weighted by atomic mass is 10.1. The smallest absolute Gasteiger partial charge is 0.0630 e. The molecule has 1 aromatic heterocycles. The summed E-state index contributed by atoms with van der Waals surface area (Å²) in [6.45, 7) is 0.822. The number of pyridine rings is 1. The summed E-state index contributed by atoms with van der Waals surface area (Å²) in [5.41, 5.74) is 9.19. The number of anilines is 2. The Balaban J connectivity index is 1.70. The topological polar surface area (TPSA) is 50.9 Å². The third kappa shape index (κ3) is 3.09. The number of nitrogens with zero attached hydrogens (tertiary/aromatic N) is 1. The van der Waals surface area contributed by atoms with Gasteiger partial charge in [-0.3, -0.25) is 4.98 Å². The van der Waals surface area contributed by atoms with Gasteiger partial charge in [-0.05, 0) is 36.2 Å². The van der Waals surface area contributed by atoms with Gasteiger partial charge in [0.25, 0.3) is 0 Å². The Hall–Kier alpha value is -2.26. The van der Waals surface area contributed by atoms with Crippen LogP contribution in [0.2, 0.25) is 5.02 Å². The van der Waals surface area contributed by atoms with E-state index in [9.17, 15) is 0 Å². The van der Waals surface area contributed by atoms with Gasteiger partial charge in [0.15, 0.2) is 0 Å². The number of rotatable bonds is 4. The van der Waals surface area contributed by atoms with Crippen molar-refractivity contribution in [1.29, 1.82) is 0 Å².